The number of fused-ring (bicyclic) bond motifs is 1. The molecular formula is C26H44N6O5. The van der Waals surface area contributed by atoms with Crippen LogP contribution in [0.3, 0.4) is 0 Å². The van der Waals surface area contributed by atoms with E-state index in [1.165, 1.54) is 0 Å². The van der Waals surface area contributed by atoms with Crippen LogP contribution in [0.4, 0.5) is 15.4 Å². The van der Waals surface area contributed by atoms with Gasteiger partial charge in [-0.2, -0.15) is 0 Å². The number of nitrogens with one attached hydrogen (secondary N) is 1. The lowest BCUT2D eigenvalue weighted by molar-refractivity contribution is -0.146. The molecule has 0 bridgehead atoms. The first-order valence-electron chi connectivity index (χ1n) is 13.4. The van der Waals surface area contributed by atoms with Crippen LogP contribution in [0.2, 0.25) is 0 Å². The third-order valence-electron chi connectivity index (χ3n) is 6.50. The molecule has 1 saturated heterocycles. The minimum Gasteiger partial charge on any atom is -0.444 e. The average Bonchev–Trinajstić information content (AvgIpc) is 3.03. The SMILES string of the molecule is CCOC(CN(C(=O)Nc1cnc2c(n1)CCN(C)CC2)C1CCN(C(=O)OC(C)(C)C)CC1)OCC. The molecule has 37 heavy (non-hydrogen) atoms. The molecule has 0 unspecified atom stereocenters. The van der Waals surface area contributed by atoms with E-state index in [0.717, 1.165) is 37.3 Å². The van der Waals surface area contributed by atoms with Gasteiger partial charge in [-0.05, 0) is 54.5 Å². The van der Waals surface area contributed by atoms with Crippen LogP contribution in [-0.2, 0) is 27.1 Å². The van der Waals surface area contributed by atoms with Crippen molar-refractivity contribution in [3.63, 3.8) is 0 Å². The Labute approximate surface area is 220 Å². The third-order valence-corrected chi connectivity index (χ3v) is 6.50. The molecule has 3 amide bonds. The van der Waals surface area contributed by atoms with E-state index < -0.39 is 11.9 Å². The Morgan fingerprint density at radius 1 is 1.08 bits per heavy atom. The molecule has 0 aliphatic carbocycles. The fraction of sp³-hybridized carbons (Fsp3) is 0.769. The molecule has 1 aromatic rings. The molecule has 2 aliphatic rings. The summed E-state index contributed by atoms with van der Waals surface area (Å²) in [5.41, 5.74) is 1.37. The highest BCUT2D eigenvalue weighted by atomic mass is 16.7. The van der Waals surface area contributed by atoms with Gasteiger partial charge in [0.05, 0.1) is 24.1 Å². The van der Waals surface area contributed by atoms with Crippen LogP contribution in [-0.4, -0.2) is 108 Å². The van der Waals surface area contributed by atoms with E-state index in [4.69, 9.17) is 19.2 Å². The van der Waals surface area contributed by atoms with Gasteiger partial charge in [-0.3, -0.25) is 10.3 Å². The predicted octanol–water partition coefficient (Wildman–Crippen LogP) is 3.14. The second-order valence-corrected chi connectivity index (χ2v) is 10.6. The summed E-state index contributed by atoms with van der Waals surface area (Å²) in [6.45, 7) is 13.4. The Kier molecular flexibility index (Phi) is 10.5. The van der Waals surface area contributed by atoms with Crippen molar-refractivity contribution in [2.45, 2.75) is 78.2 Å². The first kappa shape index (κ1) is 29.1. The summed E-state index contributed by atoms with van der Waals surface area (Å²) in [6.07, 6.45) is 3.66. The fourth-order valence-electron chi connectivity index (χ4n) is 4.58. The molecule has 0 aromatic carbocycles. The number of amides is 3. The maximum absolute atomic E-state index is 13.6. The summed E-state index contributed by atoms with van der Waals surface area (Å²) < 4.78 is 17.0. The van der Waals surface area contributed by atoms with E-state index in [1.807, 2.05) is 34.6 Å². The number of piperidine rings is 1. The van der Waals surface area contributed by atoms with Gasteiger partial charge in [0, 0.05) is 58.3 Å². The molecule has 0 atom stereocenters. The summed E-state index contributed by atoms with van der Waals surface area (Å²) in [6, 6.07) is -0.371. The molecule has 3 rings (SSSR count). The van der Waals surface area contributed by atoms with Crippen LogP contribution < -0.4 is 5.32 Å². The summed E-state index contributed by atoms with van der Waals surface area (Å²) in [5, 5.41) is 2.96. The molecule has 1 N–H and O–H groups in total. The van der Waals surface area contributed by atoms with E-state index >= 15 is 0 Å². The molecule has 0 saturated carbocycles. The van der Waals surface area contributed by atoms with Crippen molar-refractivity contribution in [3.05, 3.63) is 17.6 Å². The van der Waals surface area contributed by atoms with Gasteiger partial charge < -0.3 is 28.9 Å². The lowest BCUT2D eigenvalue weighted by Gasteiger charge is -2.39. The minimum atomic E-state index is -0.549. The van der Waals surface area contributed by atoms with Crippen LogP contribution in [0.25, 0.3) is 0 Å². The van der Waals surface area contributed by atoms with E-state index in [0.29, 0.717) is 45.0 Å². The molecule has 3 heterocycles. The van der Waals surface area contributed by atoms with Crippen LogP contribution in [0.1, 0.15) is 58.8 Å². The Balaban J connectivity index is 1.71. The van der Waals surface area contributed by atoms with Crippen molar-refractivity contribution in [1.29, 1.82) is 0 Å². The van der Waals surface area contributed by atoms with Crippen molar-refractivity contribution in [2.75, 3.05) is 58.3 Å². The van der Waals surface area contributed by atoms with Crippen molar-refractivity contribution in [3.8, 4) is 0 Å². The van der Waals surface area contributed by atoms with E-state index in [2.05, 4.69) is 22.2 Å². The summed E-state index contributed by atoms with van der Waals surface area (Å²) in [5.74, 6) is 0.439. The van der Waals surface area contributed by atoms with Crippen molar-refractivity contribution in [1.82, 2.24) is 24.7 Å². The number of anilines is 1. The van der Waals surface area contributed by atoms with E-state index in [9.17, 15) is 9.59 Å². The standard InChI is InChI=1S/C26H44N6O5/c1-7-35-23(36-8-2)18-32(19-9-15-31(16-10-19)25(34)37-26(3,4)5)24(33)29-22-17-27-20-11-13-30(6)14-12-21(20)28-22/h17,19,23H,7-16,18H2,1-6H3,(H,28,29,33). The van der Waals surface area contributed by atoms with Crippen LogP contribution >= 0.6 is 0 Å². The number of likely N-dealkylation sites (tertiary alicyclic amines) is 1. The normalized spacial score (nSPS) is 17.3. The molecule has 208 valence electrons. The number of carbonyl (C=O) groups excluding carboxylic acids is 2. The summed E-state index contributed by atoms with van der Waals surface area (Å²) >= 11 is 0. The highest BCUT2D eigenvalue weighted by Gasteiger charge is 2.33. The maximum atomic E-state index is 13.6. The number of hydrogen-bond donors (Lipinski definition) is 1. The average molecular weight is 521 g/mol. The molecule has 0 radical (unpaired) electrons. The lowest BCUT2D eigenvalue weighted by atomic mass is 10.0. The highest BCUT2D eigenvalue weighted by Crippen LogP contribution is 2.22. The van der Waals surface area contributed by atoms with Gasteiger partial charge in [-0.25, -0.2) is 14.6 Å². The Hall–Kier alpha value is -2.50. The number of rotatable bonds is 8. The van der Waals surface area contributed by atoms with Crippen LogP contribution in [0.15, 0.2) is 6.20 Å². The Morgan fingerprint density at radius 2 is 1.70 bits per heavy atom. The summed E-state index contributed by atoms with van der Waals surface area (Å²) in [7, 11) is 2.09. The molecule has 11 nitrogen and oxygen atoms in total. The van der Waals surface area contributed by atoms with Crippen LogP contribution in [0.5, 0.6) is 0 Å². The van der Waals surface area contributed by atoms with Gasteiger partial charge in [0.2, 0.25) is 0 Å². The molecule has 1 fully saturated rings. The largest absolute Gasteiger partial charge is 0.444 e. The monoisotopic (exact) mass is 520 g/mol. The zero-order chi connectivity index (χ0) is 27.0. The van der Waals surface area contributed by atoms with Crippen molar-refractivity contribution < 1.29 is 23.8 Å². The van der Waals surface area contributed by atoms with Crippen LogP contribution in [0, 0.1) is 0 Å². The first-order chi connectivity index (χ1) is 17.6. The second kappa shape index (κ2) is 13.3. The first-order valence-corrected chi connectivity index (χ1v) is 13.4. The number of likely N-dealkylation sites (N-methyl/N-ethyl adjacent to an activating group) is 1. The third kappa shape index (κ3) is 8.79. The van der Waals surface area contributed by atoms with Crippen molar-refractivity contribution in [2.24, 2.45) is 0 Å². The number of nitrogens with zero attached hydrogens (tertiary/aromatic N) is 5. The topological polar surface area (TPSA) is 109 Å². The Morgan fingerprint density at radius 3 is 2.30 bits per heavy atom. The van der Waals surface area contributed by atoms with E-state index in [-0.39, 0.29) is 24.7 Å². The number of hydrogen-bond acceptors (Lipinski definition) is 8. The second-order valence-electron chi connectivity index (χ2n) is 10.6. The smallest absolute Gasteiger partial charge is 0.410 e. The molecule has 1 aromatic heterocycles. The molecule has 2 aliphatic heterocycles. The van der Waals surface area contributed by atoms with Gasteiger partial charge in [-0.1, -0.05) is 0 Å². The van der Waals surface area contributed by atoms with Gasteiger partial charge in [0.25, 0.3) is 0 Å². The lowest BCUT2D eigenvalue weighted by Crippen LogP contribution is -2.53. The minimum absolute atomic E-state index is 0.0930. The predicted molar refractivity (Wildman–Crippen MR) is 141 cm³/mol. The van der Waals surface area contributed by atoms with Gasteiger partial charge in [0.15, 0.2) is 12.1 Å². The zero-order valence-electron chi connectivity index (χ0n) is 23.3. The highest BCUT2D eigenvalue weighted by molar-refractivity contribution is 5.88. The summed E-state index contributed by atoms with van der Waals surface area (Å²) in [4.78, 5) is 41.1. The quantitative estimate of drug-likeness (QED) is 0.521. The van der Waals surface area contributed by atoms with Gasteiger partial charge in [-0.15, -0.1) is 0 Å². The number of urea groups is 1. The molecule has 0 spiro atoms. The number of carbonyl (C=O) groups is 2. The maximum Gasteiger partial charge on any atom is 0.410 e. The fourth-order valence-corrected chi connectivity index (χ4v) is 4.58. The van der Waals surface area contributed by atoms with Gasteiger partial charge in [0.1, 0.15) is 5.60 Å². The van der Waals surface area contributed by atoms with Gasteiger partial charge >= 0.3 is 12.1 Å². The Bertz CT molecular complexity index is 894. The molecular weight excluding hydrogens is 476 g/mol. The number of ether oxygens (including phenoxy) is 3. The number of aromatic nitrogens is 2. The molecule has 11 heteroatoms. The zero-order valence-corrected chi connectivity index (χ0v) is 23.3. The van der Waals surface area contributed by atoms with Crippen molar-refractivity contribution >= 4 is 17.9 Å². The van der Waals surface area contributed by atoms with E-state index in [1.54, 1.807) is 16.0 Å².